The van der Waals surface area contributed by atoms with E-state index in [-0.39, 0.29) is 22.5 Å². The molecular formula is C23H44O4Si. The highest BCUT2D eigenvalue weighted by atomic mass is 28.4. The molecule has 5 atom stereocenters. The first-order valence-corrected chi connectivity index (χ1v) is 14.3. The average Bonchev–Trinajstić information content (AvgIpc) is 2.92. The summed E-state index contributed by atoms with van der Waals surface area (Å²) in [6.07, 6.45) is 7.10. The van der Waals surface area contributed by atoms with Gasteiger partial charge in [-0.2, -0.15) is 0 Å². The second-order valence-electron chi connectivity index (χ2n) is 10.7. The number of hydrogen-bond donors (Lipinski definition) is 0. The zero-order valence-electron chi connectivity index (χ0n) is 19.6. The van der Waals surface area contributed by atoms with Gasteiger partial charge in [-0.15, -0.1) is 0 Å². The van der Waals surface area contributed by atoms with Gasteiger partial charge in [0.15, 0.2) is 8.32 Å². The average molecular weight is 413 g/mol. The molecule has 28 heavy (non-hydrogen) atoms. The van der Waals surface area contributed by atoms with Crippen molar-refractivity contribution in [1.82, 2.24) is 0 Å². The van der Waals surface area contributed by atoms with Gasteiger partial charge in [0.1, 0.15) is 0 Å². The van der Waals surface area contributed by atoms with E-state index in [0.29, 0.717) is 37.6 Å². The van der Waals surface area contributed by atoms with Gasteiger partial charge in [-0.25, -0.2) is 0 Å². The summed E-state index contributed by atoms with van der Waals surface area (Å²) in [5.41, 5.74) is 0.286. The number of rotatable bonds is 8. The minimum Gasteiger partial charge on any atom is -0.466 e. The number of esters is 1. The standard InChI is InChI=1S/C23H44O4Si/c1-9-25-21(24)14-16-26-17(2)18-12-13-19-20(11-10-15-23(18,19)6)27-28(7,8)22(3,4)5/h17-20H,9-16H2,1-8H3/t17-,18+,19-,20-,23+/m0/s1. The van der Waals surface area contributed by atoms with Crippen LogP contribution in [0.4, 0.5) is 0 Å². The molecule has 2 aliphatic carbocycles. The first-order chi connectivity index (χ1) is 12.9. The van der Waals surface area contributed by atoms with E-state index in [4.69, 9.17) is 13.9 Å². The van der Waals surface area contributed by atoms with Crippen LogP contribution < -0.4 is 0 Å². The van der Waals surface area contributed by atoms with Gasteiger partial charge in [-0.1, -0.05) is 34.1 Å². The maximum atomic E-state index is 11.6. The Labute approximate surface area is 174 Å². The van der Waals surface area contributed by atoms with E-state index < -0.39 is 8.32 Å². The molecule has 164 valence electrons. The molecule has 0 unspecified atom stereocenters. The molecule has 2 fully saturated rings. The van der Waals surface area contributed by atoms with Gasteiger partial charge in [0, 0.05) is 6.10 Å². The van der Waals surface area contributed by atoms with Gasteiger partial charge in [0.05, 0.1) is 25.7 Å². The molecule has 0 aromatic heterocycles. The summed E-state index contributed by atoms with van der Waals surface area (Å²) >= 11 is 0. The topological polar surface area (TPSA) is 44.8 Å². The maximum absolute atomic E-state index is 11.6. The lowest BCUT2D eigenvalue weighted by atomic mass is 9.63. The molecule has 2 aliphatic rings. The molecule has 0 saturated heterocycles. The van der Waals surface area contributed by atoms with E-state index in [9.17, 15) is 4.79 Å². The zero-order valence-corrected chi connectivity index (χ0v) is 20.6. The molecular weight excluding hydrogens is 368 g/mol. The van der Waals surface area contributed by atoms with Crippen molar-refractivity contribution in [1.29, 1.82) is 0 Å². The lowest BCUT2D eigenvalue weighted by molar-refractivity contribution is -0.145. The quantitative estimate of drug-likeness (QED) is 0.365. The van der Waals surface area contributed by atoms with Crippen LogP contribution in [0.2, 0.25) is 18.1 Å². The first kappa shape index (κ1) is 23.9. The summed E-state index contributed by atoms with van der Waals surface area (Å²) in [6.45, 7) is 19.2. The Bertz CT molecular complexity index is 527. The molecule has 0 radical (unpaired) electrons. The molecule has 0 spiro atoms. The minimum absolute atomic E-state index is 0.161. The zero-order chi connectivity index (χ0) is 21.2. The number of fused-ring (bicyclic) bond motifs is 1. The largest absolute Gasteiger partial charge is 0.466 e. The molecule has 5 heteroatoms. The predicted molar refractivity (Wildman–Crippen MR) is 117 cm³/mol. The van der Waals surface area contributed by atoms with Crippen LogP contribution in [0, 0.1) is 17.3 Å². The third kappa shape index (κ3) is 5.20. The van der Waals surface area contributed by atoms with Crippen LogP contribution in [0.5, 0.6) is 0 Å². The van der Waals surface area contributed by atoms with Crippen LogP contribution in [-0.4, -0.2) is 39.7 Å². The van der Waals surface area contributed by atoms with E-state index in [2.05, 4.69) is 47.7 Å². The van der Waals surface area contributed by atoms with E-state index in [1.807, 2.05) is 6.92 Å². The Balaban J connectivity index is 1.99. The van der Waals surface area contributed by atoms with E-state index >= 15 is 0 Å². The lowest BCUT2D eigenvalue weighted by Gasteiger charge is -2.49. The fraction of sp³-hybridized carbons (Fsp3) is 0.957. The highest BCUT2D eigenvalue weighted by molar-refractivity contribution is 6.74. The second kappa shape index (κ2) is 9.17. The molecule has 0 aromatic rings. The van der Waals surface area contributed by atoms with Crippen molar-refractivity contribution in [3.63, 3.8) is 0 Å². The van der Waals surface area contributed by atoms with Gasteiger partial charge < -0.3 is 13.9 Å². The SMILES string of the molecule is CCOC(=O)CCO[C@@H](C)[C@H]1CC[C@H]2[C@@H](O[Si](C)(C)C(C)(C)C)CCC[C@]12C. The van der Waals surface area contributed by atoms with Crippen molar-refractivity contribution in [3.05, 3.63) is 0 Å². The maximum Gasteiger partial charge on any atom is 0.308 e. The highest BCUT2D eigenvalue weighted by Crippen LogP contribution is 2.58. The van der Waals surface area contributed by atoms with Crippen molar-refractivity contribution in [3.8, 4) is 0 Å². The molecule has 0 aromatic carbocycles. The third-order valence-corrected chi connectivity index (χ3v) is 12.5. The van der Waals surface area contributed by atoms with Crippen molar-refractivity contribution in [2.75, 3.05) is 13.2 Å². The molecule has 0 aliphatic heterocycles. The summed E-state index contributed by atoms with van der Waals surface area (Å²) in [5.74, 6) is 1.02. The van der Waals surface area contributed by atoms with Gasteiger partial charge >= 0.3 is 5.97 Å². The molecule has 2 rings (SSSR count). The van der Waals surface area contributed by atoms with Crippen molar-refractivity contribution < 1.29 is 18.7 Å². The molecule has 0 heterocycles. The second-order valence-corrected chi connectivity index (χ2v) is 15.5. The van der Waals surface area contributed by atoms with Gasteiger partial charge in [-0.3, -0.25) is 4.79 Å². The summed E-state index contributed by atoms with van der Waals surface area (Å²) < 4.78 is 18.1. The number of carbonyl (C=O) groups is 1. The molecule has 0 N–H and O–H groups in total. The summed E-state index contributed by atoms with van der Waals surface area (Å²) in [4.78, 5) is 11.6. The number of carbonyl (C=O) groups excluding carboxylic acids is 1. The van der Waals surface area contributed by atoms with E-state index in [1.165, 1.54) is 32.1 Å². The van der Waals surface area contributed by atoms with Crippen LogP contribution in [0.1, 0.15) is 80.1 Å². The fourth-order valence-electron chi connectivity index (χ4n) is 5.30. The third-order valence-electron chi connectivity index (χ3n) is 7.95. The van der Waals surface area contributed by atoms with Crippen LogP contribution in [0.3, 0.4) is 0 Å². The smallest absolute Gasteiger partial charge is 0.308 e. The van der Waals surface area contributed by atoms with Crippen molar-refractivity contribution in [2.45, 2.75) is 110 Å². The Morgan fingerprint density at radius 3 is 2.50 bits per heavy atom. The Morgan fingerprint density at radius 1 is 1.21 bits per heavy atom. The van der Waals surface area contributed by atoms with Crippen LogP contribution in [0.15, 0.2) is 0 Å². The van der Waals surface area contributed by atoms with Gasteiger partial charge in [0.2, 0.25) is 0 Å². The molecule has 4 nitrogen and oxygen atoms in total. The molecule has 0 amide bonds. The summed E-state index contributed by atoms with van der Waals surface area (Å²) in [6, 6.07) is 0. The summed E-state index contributed by atoms with van der Waals surface area (Å²) in [7, 11) is -1.76. The van der Waals surface area contributed by atoms with Crippen LogP contribution in [0.25, 0.3) is 0 Å². The minimum atomic E-state index is -1.76. The molecule has 0 bridgehead atoms. The van der Waals surface area contributed by atoms with Gasteiger partial charge in [-0.05, 0) is 74.9 Å². The van der Waals surface area contributed by atoms with Crippen molar-refractivity contribution >= 4 is 14.3 Å². The normalized spacial score (nSPS) is 32.1. The Morgan fingerprint density at radius 2 is 1.89 bits per heavy atom. The first-order valence-electron chi connectivity index (χ1n) is 11.4. The highest BCUT2D eigenvalue weighted by Gasteiger charge is 2.54. The van der Waals surface area contributed by atoms with E-state index in [1.54, 1.807) is 0 Å². The summed E-state index contributed by atoms with van der Waals surface area (Å²) in [5, 5.41) is 0.252. The number of hydrogen-bond acceptors (Lipinski definition) is 4. The van der Waals surface area contributed by atoms with Gasteiger partial charge in [0.25, 0.3) is 0 Å². The monoisotopic (exact) mass is 412 g/mol. The lowest BCUT2D eigenvalue weighted by Crippen LogP contribution is -2.50. The van der Waals surface area contributed by atoms with Crippen molar-refractivity contribution in [2.24, 2.45) is 17.3 Å². The Kier molecular flexibility index (Phi) is 7.83. The Hall–Kier alpha value is -0.393. The van der Waals surface area contributed by atoms with Crippen LogP contribution in [-0.2, 0) is 18.7 Å². The van der Waals surface area contributed by atoms with E-state index in [0.717, 1.165) is 0 Å². The van der Waals surface area contributed by atoms with Crippen LogP contribution >= 0.6 is 0 Å². The number of ether oxygens (including phenoxy) is 2. The molecule has 2 saturated carbocycles. The predicted octanol–water partition coefficient (Wildman–Crippen LogP) is 5.95. The fourth-order valence-corrected chi connectivity index (χ4v) is 6.70.